The maximum Gasteiger partial charge on any atom is 0.255 e. The van der Waals surface area contributed by atoms with Gasteiger partial charge < -0.3 is 14.8 Å². The molecule has 3 rings (SSSR count). The molecule has 0 aliphatic heterocycles. The Morgan fingerprint density at radius 3 is 2.77 bits per heavy atom. The number of amides is 1. The van der Waals surface area contributed by atoms with Crippen LogP contribution in [0.5, 0.6) is 11.5 Å². The highest BCUT2D eigenvalue weighted by Crippen LogP contribution is 2.25. The van der Waals surface area contributed by atoms with Gasteiger partial charge in [-0.3, -0.25) is 9.89 Å². The van der Waals surface area contributed by atoms with Crippen molar-refractivity contribution in [3.8, 4) is 22.8 Å². The number of ether oxygens (including phenoxy) is 2. The zero-order chi connectivity index (χ0) is 18.5. The number of carbonyl (C=O) groups is 1. The van der Waals surface area contributed by atoms with Gasteiger partial charge in [0.05, 0.1) is 31.7 Å². The largest absolute Gasteiger partial charge is 0.497 e. The number of H-pyrrole nitrogens is 1. The smallest absolute Gasteiger partial charge is 0.255 e. The summed E-state index contributed by atoms with van der Waals surface area (Å²) in [5.74, 6) is 1.12. The summed E-state index contributed by atoms with van der Waals surface area (Å²) in [5.41, 5.74) is 2.66. The lowest BCUT2D eigenvalue weighted by Gasteiger charge is -2.11. The van der Waals surface area contributed by atoms with Crippen molar-refractivity contribution in [2.45, 2.75) is 6.54 Å². The number of nitrogens with zero attached hydrogens (tertiary/aromatic N) is 1. The number of methoxy groups -OCH3 is 2. The van der Waals surface area contributed by atoms with Crippen LogP contribution in [-0.4, -0.2) is 30.3 Å². The maximum atomic E-state index is 12.6. The molecule has 7 heteroatoms. The summed E-state index contributed by atoms with van der Waals surface area (Å²) in [7, 11) is 3.17. The van der Waals surface area contributed by atoms with Gasteiger partial charge in [0.15, 0.2) is 0 Å². The minimum Gasteiger partial charge on any atom is -0.497 e. The van der Waals surface area contributed by atoms with Crippen LogP contribution in [0.3, 0.4) is 0 Å². The minimum absolute atomic E-state index is 0.251. The van der Waals surface area contributed by atoms with E-state index in [0.717, 1.165) is 11.1 Å². The molecule has 134 valence electrons. The molecule has 26 heavy (non-hydrogen) atoms. The van der Waals surface area contributed by atoms with Crippen LogP contribution in [0.2, 0.25) is 5.02 Å². The molecule has 3 aromatic rings. The van der Waals surface area contributed by atoms with Crippen LogP contribution in [-0.2, 0) is 6.54 Å². The number of benzene rings is 2. The highest BCUT2D eigenvalue weighted by Gasteiger charge is 2.16. The average Bonchev–Trinajstić information content (AvgIpc) is 3.15. The highest BCUT2D eigenvalue weighted by atomic mass is 35.5. The molecule has 0 atom stereocenters. The van der Waals surface area contributed by atoms with E-state index in [1.807, 2.05) is 18.2 Å². The molecule has 6 nitrogen and oxygen atoms in total. The maximum absolute atomic E-state index is 12.6. The van der Waals surface area contributed by atoms with Gasteiger partial charge in [0.2, 0.25) is 0 Å². The van der Waals surface area contributed by atoms with Crippen molar-refractivity contribution in [3.05, 3.63) is 64.8 Å². The van der Waals surface area contributed by atoms with Crippen LogP contribution < -0.4 is 14.8 Å². The van der Waals surface area contributed by atoms with E-state index >= 15 is 0 Å². The predicted molar refractivity (Wildman–Crippen MR) is 99.7 cm³/mol. The van der Waals surface area contributed by atoms with Gasteiger partial charge in [-0.2, -0.15) is 5.10 Å². The van der Waals surface area contributed by atoms with E-state index < -0.39 is 0 Å². The van der Waals surface area contributed by atoms with E-state index in [1.54, 1.807) is 38.5 Å². The molecule has 0 unspecified atom stereocenters. The Labute approximate surface area is 156 Å². The van der Waals surface area contributed by atoms with Crippen molar-refractivity contribution >= 4 is 17.5 Å². The number of rotatable bonds is 6. The first kappa shape index (κ1) is 17.8. The number of hydrogen-bond acceptors (Lipinski definition) is 4. The number of hydrogen-bond donors (Lipinski definition) is 2. The Kier molecular flexibility index (Phi) is 5.43. The summed E-state index contributed by atoms with van der Waals surface area (Å²) in [6, 6.07) is 12.7. The number of aromatic nitrogens is 2. The normalized spacial score (nSPS) is 10.4. The van der Waals surface area contributed by atoms with E-state index in [1.165, 1.54) is 6.20 Å². The lowest BCUT2D eigenvalue weighted by atomic mass is 10.1. The quantitative estimate of drug-likeness (QED) is 0.693. The Morgan fingerprint density at radius 1 is 1.19 bits per heavy atom. The van der Waals surface area contributed by atoms with Crippen molar-refractivity contribution in [1.82, 2.24) is 15.5 Å². The second-order valence-corrected chi connectivity index (χ2v) is 5.97. The first-order chi connectivity index (χ1) is 12.6. The van der Waals surface area contributed by atoms with Crippen LogP contribution in [0.1, 0.15) is 15.9 Å². The second kappa shape index (κ2) is 7.93. The molecular formula is C19H18ClN3O3. The summed E-state index contributed by atoms with van der Waals surface area (Å²) in [5, 5.41) is 10.3. The van der Waals surface area contributed by atoms with Crippen molar-refractivity contribution in [1.29, 1.82) is 0 Å². The zero-order valence-corrected chi connectivity index (χ0v) is 15.1. The molecular weight excluding hydrogens is 354 g/mol. The molecule has 1 aromatic heterocycles. The first-order valence-electron chi connectivity index (χ1n) is 7.90. The molecule has 2 N–H and O–H groups in total. The van der Waals surface area contributed by atoms with Gasteiger partial charge in [0, 0.05) is 22.7 Å². The summed E-state index contributed by atoms with van der Waals surface area (Å²) in [4.78, 5) is 12.6. The highest BCUT2D eigenvalue weighted by molar-refractivity contribution is 6.30. The first-order valence-corrected chi connectivity index (χ1v) is 8.28. The molecule has 0 spiro atoms. The van der Waals surface area contributed by atoms with Crippen molar-refractivity contribution < 1.29 is 14.3 Å². The molecule has 0 bridgehead atoms. The van der Waals surface area contributed by atoms with Crippen LogP contribution in [0.4, 0.5) is 0 Å². The molecule has 1 amide bonds. The zero-order valence-electron chi connectivity index (χ0n) is 14.4. The number of carbonyl (C=O) groups excluding carboxylic acids is 1. The fraction of sp³-hybridized carbons (Fsp3) is 0.158. The molecule has 0 saturated carbocycles. The van der Waals surface area contributed by atoms with Crippen molar-refractivity contribution in [2.24, 2.45) is 0 Å². The average molecular weight is 372 g/mol. The Hall–Kier alpha value is -2.99. The van der Waals surface area contributed by atoms with Gasteiger partial charge in [0.1, 0.15) is 11.5 Å². The Balaban J connectivity index is 1.79. The van der Waals surface area contributed by atoms with Gasteiger partial charge >= 0.3 is 0 Å². The molecule has 0 saturated heterocycles. The molecule has 1 heterocycles. The second-order valence-electron chi connectivity index (χ2n) is 5.53. The van der Waals surface area contributed by atoms with E-state index in [2.05, 4.69) is 15.5 Å². The Bertz CT molecular complexity index is 924. The number of halogens is 1. The third kappa shape index (κ3) is 3.81. The Morgan fingerprint density at radius 2 is 2.04 bits per heavy atom. The lowest BCUT2D eigenvalue weighted by molar-refractivity contribution is 0.0951. The van der Waals surface area contributed by atoms with Crippen molar-refractivity contribution in [2.75, 3.05) is 14.2 Å². The summed E-state index contributed by atoms with van der Waals surface area (Å²) in [6.45, 7) is 0.291. The molecule has 0 aliphatic carbocycles. The molecule has 0 aliphatic rings. The van der Waals surface area contributed by atoms with Crippen LogP contribution in [0.25, 0.3) is 11.3 Å². The van der Waals surface area contributed by atoms with Gasteiger partial charge in [-0.15, -0.1) is 0 Å². The standard InChI is InChI=1S/C19H18ClN3O3/c1-25-15-6-7-17(26-2)13(9-15)10-21-19(24)16-11-22-23-18(16)12-4-3-5-14(20)8-12/h3-9,11H,10H2,1-2H3,(H,21,24)(H,22,23). The molecule has 0 fully saturated rings. The summed E-state index contributed by atoms with van der Waals surface area (Å²) >= 11 is 6.04. The third-order valence-electron chi connectivity index (χ3n) is 3.92. The summed E-state index contributed by atoms with van der Waals surface area (Å²) in [6.07, 6.45) is 1.49. The van der Waals surface area contributed by atoms with E-state index in [9.17, 15) is 4.79 Å². The van der Waals surface area contributed by atoms with Crippen molar-refractivity contribution in [3.63, 3.8) is 0 Å². The van der Waals surface area contributed by atoms with Gasteiger partial charge in [-0.05, 0) is 30.3 Å². The fourth-order valence-electron chi connectivity index (χ4n) is 2.61. The van der Waals surface area contributed by atoms with E-state index in [4.69, 9.17) is 21.1 Å². The van der Waals surface area contributed by atoms with E-state index in [-0.39, 0.29) is 5.91 Å². The van der Waals surface area contributed by atoms with Gasteiger partial charge in [0.25, 0.3) is 5.91 Å². The van der Waals surface area contributed by atoms with Gasteiger partial charge in [-0.1, -0.05) is 23.7 Å². The third-order valence-corrected chi connectivity index (χ3v) is 4.16. The SMILES string of the molecule is COc1ccc(OC)c(CNC(=O)c2cn[nH]c2-c2cccc(Cl)c2)c1. The monoisotopic (exact) mass is 371 g/mol. The van der Waals surface area contributed by atoms with Crippen LogP contribution >= 0.6 is 11.6 Å². The van der Waals surface area contributed by atoms with Crippen LogP contribution in [0.15, 0.2) is 48.7 Å². The molecule has 2 aromatic carbocycles. The fourth-order valence-corrected chi connectivity index (χ4v) is 2.80. The topological polar surface area (TPSA) is 76.2 Å². The summed E-state index contributed by atoms with van der Waals surface area (Å²) < 4.78 is 10.6. The number of aromatic amines is 1. The molecule has 0 radical (unpaired) electrons. The van der Waals surface area contributed by atoms with Gasteiger partial charge in [-0.25, -0.2) is 0 Å². The van der Waals surface area contributed by atoms with E-state index in [0.29, 0.717) is 34.3 Å². The minimum atomic E-state index is -0.251. The lowest BCUT2D eigenvalue weighted by Crippen LogP contribution is -2.23. The predicted octanol–water partition coefficient (Wildman–Crippen LogP) is 3.68. The van der Waals surface area contributed by atoms with Crippen LogP contribution in [0, 0.1) is 0 Å². The number of nitrogens with one attached hydrogen (secondary N) is 2.